The van der Waals surface area contributed by atoms with Crippen molar-refractivity contribution in [3.63, 3.8) is 0 Å². The Labute approximate surface area is 209 Å². The number of alkyl halides is 4. The van der Waals surface area contributed by atoms with E-state index in [4.69, 9.17) is 11.6 Å². The van der Waals surface area contributed by atoms with Gasteiger partial charge < -0.3 is 15.2 Å². The van der Waals surface area contributed by atoms with Crippen LogP contribution in [0.15, 0.2) is 71.9 Å². The zero-order chi connectivity index (χ0) is 26.1. The van der Waals surface area contributed by atoms with Crippen LogP contribution in [-0.2, 0) is 22.8 Å². The molecule has 0 spiro atoms. The highest BCUT2D eigenvalue weighted by Crippen LogP contribution is 2.48. The Balaban J connectivity index is 1.96. The lowest BCUT2D eigenvalue weighted by Crippen LogP contribution is -2.53. The fourth-order valence-electron chi connectivity index (χ4n) is 3.97. The van der Waals surface area contributed by atoms with E-state index in [1.165, 1.54) is 18.3 Å². The fraction of sp³-hybridized carbons (Fsp3) is 0.280. The van der Waals surface area contributed by atoms with E-state index >= 15 is 0 Å². The van der Waals surface area contributed by atoms with Crippen LogP contribution in [0.2, 0.25) is 5.02 Å². The second kappa shape index (κ2) is 9.59. The zero-order valence-corrected chi connectivity index (χ0v) is 19.9. The molecule has 0 radical (unpaired) electrons. The van der Waals surface area contributed by atoms with Gasteiger partial charge in [0, 0.05) is 24.7 Å². The molecule has 1 aromatic heterocycles. The molecule has 4 rings (SSSR count). The SMILES string of the molecule is CC(C)N=C([O-])N[C@](Cc1ccccc1)(c1ccc2c(c1)C(F)(F)OC(F)(F)O2)c1ccc(Cl)cn1. The number of fused-ring (bicyclic) bond motifs is 1. The maximum Gasteiger partial charge on any atom is 0.540 e. The van der Waals surface area contributed by atoms with Crippen LogP contribution in [0.3, 0.4) is 0 Å². The summed E-state index contributed by atoms with van der Waals surface area (Å²) in [5.41, 5.74) is -1.37. The summed E-state index contributed by atoms with van der Waals surface area (Å²) >= 11 is 6.03. The normalized spacial score (nSPS) is 18.2. The number of halogens is 5. The van der Waals surface area contributed by atoms with Gasteiger partial charge in [-0.3, -0.25) is 9.98 Å². The zero-order valence-electron chi connectivity index (χ0n) is 19.1. The number of hydrogen-bond donors (Lipinski definition) is 1. The van der Waals surface area contributed by atoms with Gasteiger partial charge in [-0.05, 0) is 49.2 Å². The standard InChI is InChI=1S/C25H22ClF4N3O3/c1-15(2)32-22(34)33-23(13-16-6-4-3-5-7-16,21-11-9-18(26)14-31-21)17-8-10-20-19(12-17)24(27,28)36-25(29,30)35-20/h3-12,14-15H,13H2,1-2H3,(H2,32,33,34)/p-1/t23-/m1/s1. The minimum absolute atomic E-state index is 0.0596. The first-order valence-corrected chi connectivity index (χ1v) is 11.3. The number of ether oxygens (including phenoxy) is 2. The fourth-order valence-corrected chi connectivity index (χ4v) is 4.08. The van der Waals surface area contributed by atoms with E-state index < -0.39 is 35.3 Å². The monoisotopic (exact) mass is 522 g/mol. The molecule has 0 fully saturated rings. The average molecular weight is 523 g/mol. The van der Waals surface area contributed by atoms with Gasteiger partial charge in [0.25, 0.3) is 0 Å². The smallest absolute Gasteiger partial charge is 0.540 e. The van der Waals surface area contributed by atoms with Crippen molar-refractivity contribution in [1.29, 1.82) is 0 Å². The molecule has 1 atom stereocenters. The van der Waals surface area contributed by atoms with Crippen LogP contribution in [0.4, 0.5) is 17.6 Å². The highest BCUT2D eigenvalue weighted by atomic mass is 35.5. The molecule has 11 heteroatoms. The first-order valence-electron chi connectivity index (χ1n) is 10.9. The van der Waals surface area contributed by atoms with E-state index in [0.29, 0.717) is 5.02 Å². The Morgan fingerprint density at radius 1 is 1.11 bits per heavy atom. The Morgan fingerprint density at radius 3 is 2.47 bits per heavy atom. The van der Waals surface area contributed by atoms with E-state index in [2.05, 4.69) is 24.8 Å². The lowest BCUT2D eigenvalue weighted by molar-refractivity contribution is -0.461. The number of hydrogen-bond acceptors (Lipinski definition) is 5. The van der Waals surface area contributed by atoms with Crippen molar-refractivity contribution in [2.75, 3.05) is 0 Å². The average Bonchev–Trinajstić information content (AvgIpc) is 2.78. The predicted octanol–water partition coefficient (Wildman–Crippen LogP) is 4.94. The van der Waals surface area contributed by atoms with Gasteiger partial charge >= 0.3 is 12.4 Å². The summed E-state index contributed by atoms with van der Waals surface area (Å²) in [7, 11) is 0. The Hall–Kier alpha value is -3.37. The molecule has 2 aromatic carbocycles. The highest BCUT2D eigenvalue weighted by Gasteiger charge is 2.55. The third kappa shape index (κ3) is 5.39. The van der Waals surface area contributed by atoms with Crippen molar-refractivity contribution in [1.82, 2.24) is 10.3 Å². The second-order valence-electron chi connectivity index (χ2n) is 8.48. The number of aromatic nitrogens is 1. The largest absolute Gasteiger partial charge is 0.846 e. The van der Waals surface area contributed by atoms with E-state index in [1.54, 1.807) is 50.2 Å². The molecule has 1 aliphatic heterocycles. The molecular formula is C25H21ClF4N3O3-. The number of benzene rings is 2. The van der Waals surface area contributed by atoms with Crippen molar-refractivity contribution in [2.45, 2.75) is 44.3 Å². The van der Waals surface area contributed by atoms with Crippen molar-refractivity contribution in [3.8, 4) is 5.75 Å². The molecule has 1 aliphatic rings. The third-order valence-corrected chi connectivity index (χ3v) is 5.66. The molecule has 0 saturated heterocycles. The maximum atomic E-state index is 14.7. The number of nitrogens with one attached hydrogen (secondary N) is 1. The van der Waals surface area contributed by atoms with Crippen LogP contribution in [0.1, 0.15) is 36.2 Å². The number of nitrogens with zero attached hydrogens (tertiary/aromatic N) is 2. The minimum Gasteiger partial charge on any atom is -0.846 e. The Morgan fingerprint density at radius 2 is 1.83 bits per heavy atom. The highest BCUT2D eigenvalue weighted by molar-refractivity contribution is 6.30. The van der Waals surface area contributed by atoms with Gasteiger partial charge in [0.2, 0.25) is 0 Å². The molecule has 36 heavy (non-hydrogen) atoms. The van der Waals surface area contributed by atoms with Crippen molar-refractivity contribution < 1.29 is 32.1 Å². The molecule has 0 aliphatic carbocycles. The first-order chi connectivity index (χ1) is 16.9. The third-order valence-electron chi connectivity index (χ3n) is 5.43. The van der Waals surface area contributed by atoms with Crippen molar-refractivity contribution in [3.05, 3.63) is 94.3 Å². The quantitative estimate of drug-likeness (QED) is 0.282. The van der Waals surface area contributed by atoms with E-state index in [1.807, 2.05) is 0 Å². The van der Waals surface area contributed by atoms with E-state index in [-0.39, 0.29) is 23.7 Å². The molecule has 190 valence electrons. The Kier molecular flexibility index (Phi) is 6.85. The van der Waals surface area contributed by atoms with E-state index in [0.717, 1.165) is 17.7 Å². The van der Waals surface area contributed by atoms with Gasteiger partial charge in [-0.15, -0.1) is 8.78 Å². The summed E-state index contributed by atoms with van der Waals surface area (Å²) in [5, 5.41) is 16.1. The molecule has 0 bridgehead atoms. The number of rotatable bonds is 6. The number of pyridine rings is 1. The molecule has 0 amide bonds. The molecule has 0 unspecified atom stereocenters. The van der Waals surface area contributed by atoms with Crippen LogP contribution in [0.5, 0.6) is 5.75 Å². The van der Waals surface area contributed by atoms with Crippen molar-refractivity contribution >= 4 is 17.6 Å². The summed E-state index contributed by atoms with van der Waals surface area (Å²) in [6, 6.07) is 14.2. The summed E-state index contributed by atoms with van der Waals surface area (Å²) in [6.07, 6.45) is -7.47. The minimum atomic E-state index is -4.51. The van der Waals surface area contributed by atoms with Crippen LogP contribution in [0.25, 0.3) is 0 Å². The summed E-state index contributed by atoms with van der Waals surface area (Å²) < 4.78 is 64.4. The number of amidine groups is 1. The van der Waals surface area contributed by atoms with Gasteiger partial charge in [0.1, 0.15) is 11.3 Å². The summed E-state index contributed by atoms with van der Waals surface area (Å²) in [6.45, 7) is 3.40. The summed E-state index contributed by atoms with van der Waals surface area (Å²) in [5.74, 6) is -0.754. The number of aliphatic imine (C=N–C) groups is 1. The van der Waals surface area contributed by atoms with Gasteiger partial charge in [0.05, 0.1) is 16.3 Å². The van der Waals surface area contributed by atoms with Crippen LogP contribution in [0, 0.1) is 0 Å². The van der Waals surface area contributed by atoms with Crippen molar-refractivity contribution in [2.24, 2.45) is 4.99 Å². The summed E-state index contributed by atoms with van der Waals surface area (Å²) in [4.78, 5) is 8.38. The molecular weight excluding hydrogens is 502 g/mol. The Bertz CT molecular complexity index is 1260. The lowest BCUT2D eigenvalue weighted by Gasteiger charge is -2.39. The van der Waals surface area contributed by atoms with Gasteiger partial charge in [-0.1, -0.05) is 48.0 Å². The molecule has 1 N–H and O–H groups in total. The maximum absolute atomic E-state index is 14.7. The lowest BCUT2D eigenvalue weighted by atomic mass is 9.79. The second-order valence-corrected chi connectivity index (χ2v) is 8.91. The van der Waals surface area contributed by atoms with Crippen LogP contribution >= 0.6 is 11.6 Å². The first kappa shape index (κ1) is 25.7. The predicted molar refractivity (Wildman–Crippen MR) is 123 cm³/mol. The molecule has 2 heterocycles. The van der Waals surface area contributed by atoms with E-state index in [9.17, 15) is 22.7 Å². The van der Waals surface area contributed by atoms with Gasteiger partial charge in [-0.2, -0.15) is 8.78 Å². The van der Waals surface area contributed by atoms with Crippen LogP contribution < -0.4 is 15.2 Å². The molecule has 3 aromatic rings. The van der Waals surface area contributed by atoms with Gasteiger partial charge in [0.15, 0.2) is 0 Å². The molecule has 6 nitrogen and oxygen atoms in total. The van der Waals surface area contributed by atoms with Gasteiger partial charge in [-0.25, -0.2) is 4.74 Å². The topological polar surface area (TPSA) is 78.8 Å². The van der Waals surface area contributed by atoms with Crippen LogP contribution in [-0.4, -0.2) is 23.3 Å². The molecule has 0 saturated carbocycles.